The smallest absolute Gasteiger partial charge is 0.137 e. The lowest BCUT2D eigenvalue weighted by Gasteiger charge is -2.14. The number of aliphatic hydroxyl groups is 1. The third-order valence-electron chi connectivity index (χ3n) is 2.41. The maximum absolute atomic E-state index is 8.89. The zero-order chi connectivity index (χ0) is 11.3. The molecule has 0 aliphatic heterocycles. The Hall–Kier alpha value is -0.770. The maximum atomic E-state index is 8.89. The normalized spacial score (nSPS) is 12.5. The van der Waals surface area contributed by atoms with E-state index in [1.54, 1.807) is 7.11 Å². The van der Waals surface area contributed by atoms with E-state index in [2.05, 4.69) is 0 Å². The number of ether oxygens (including phenoxy) is 1. The summed E-state index contributed by atoms with van der Waals surface area (Å²) in [6.07, 6.45) is 0.652. The first kappa shape index (κ1) is 12.3. The maximum Gasteiger partial charge on any atom is 0.137 e. The second kappa shape index (κ2) is 5.95. The Morgan fingerprint density at radius 2 is 2.27 bits per heavy atom. The van der Waals surface area contributed by atoms with Crippen LogP contribution < -0.4 is 10.5 Å². The first-order chi connectivity index (χ1) is 7.22. The molecule has 4 heteroatoms. The van der Waals surface area contributed by atoms with Gasteiger partial charge >= 0.3 is 0 Å². The Bertz CT molecular complexity index is 317. The second-order valence-corrected chi connectivity index (χ2v) is 3.75. The summed E-state index contributed by atoms with van der Waals surface area (Å²) < 4.78 is 5.06. The topological polar surface area (TPSA) is 55.5 Å². The van der Waals surface area contributed by atoms with Crippen LogP contribution in [0.15, 0.2) is 18.2 Å². The van der Waals surface area contributed by atoms with Gasteiger partial charge in [0.05, 0.1) is 12.1 Å². The van der Waals surface area contributed by atoms with E-state index in [1.165, 1.54) is 0 Å². The summed E-state index contributed by atoms with van der Waals surface area (Å²) in [6.45, 7) is 0.634. The molecular formula is C11H16ClNO2. The van der Waals surface area contributed by atoms with Crippen molar-refractivity contribution in [2.24, 2.45) is 5.73 Å². The van der Waals surface area contributed by atoms with Crippen LogP contribution in [-0.4, -0.2) is 25.4 Å². The van der Waals surface area contributed by atoms with Crippen LogP contribution in [-0.2, 0) is 0 Å². The Labute approximate surface area is 94.8 Å². The number of hydrogen-bond donors (Lipinski definition) is 2. The largest absolute Gasteiger partial charge is 0.495 e. The van der Waals surface area contributed by atoms with Crippen molar-refractivity contribution in [3.63, 3.8) is 0 Å². The molecule has 0 saturated carbocycles. The third kappa shape index (κ3) is 3.09. The van der Waals surface area contributed by atoms with Gasteiger partial charge in [0.1, 0.15) is 5.75 Å². The summed E-state index contributed by atoms with van der Waals surface area (Å²) in [5.74, 6) is 0.804. The number of nitrogens with two attached hydrogens (primary N) is 1. The van der Waals surface area contributed by atoms with Crippen molar-refractivity contribution in [3.05, 3.63) is 28.8 Å². The van der Waals surface area contributed by atoms with Crippen molar-refractivity contribution in [2.45, 2.75) is 12.3 Å². The summed E-state index contributed by atoms with van der Waals surface area (Å²) in [7, 11) is 1.58. The van der Waals surface area contributed by atoms with Crippen molar-refractivity contribution >= 4 is 11.6 Å². The highest BCUT2D eigenvalue weighted by Gasteiger charge is 2.11. The molecule has 0 fully saturated rings. The van der Waals surface area contributed by atoms with Crippen LogP contribution in [0, 0.1) is 0 Å². The molecule has 0 radical (unpaired) electrons. The zero-order valence-electron chi connectivity index (χ0n) is 8.74. The van der Waals surface area contributed by atoms with Gasteiger partial charge in [-0.3, -0.25) is 0 Å². The Morgan fingerprint density at radius 1 is 1.53 bits per heavy atom. The zero-order valence-corrected chi connectivity index (χ0v) is 9.50. The molecule has 84 valence electrons. The SMILES string of the molecule is COc1ccc(C(CN)CCO)cc1Cl. The average molecular weight is 230 g/mol. The van der Waals surface area contributed by atoms with Crippen LogP contribution in [0.1, 0.15) is 17.9 Å². The lowest BCUT2D eigenvalue weighted by molar-refractivity contribution is 0.276. The Morgan fingerprint density at radius 3 is 2.73 bits per heavy atom. The third-order valence-corrected chi connectivity index (χ3v) is 2.70. The lowest BCUT2D eigenvalue weighted by Crippen LogP contribution is -2.13. The van der Waals surface area contributed by atoms with Gasteiger partial charge in [-0.05, 0) is 36.6 Å². The number of methoxy groups -OCH3 is 1. The molecule has 15 heavy (non-hydrogen) atoms. The van der Waals surface area contributed by atoms with Gasteiger partial charge in [-0.15, -0.1) is 0 Å². The quantitative estimate of drug-likeness (QED) is 0.809. The highest BCUT2D eigenvalue weighted by molar-refractivity contribution is 6.32. The molecule has 0 bridgehead atoms. The second-order valence-electron chi connectivity index (χ2n) is 3.34. The minimum absolute atomic E-state index is 0.130. The summed E-state index contributed by atoms with van der Waals surface area (Å²) in [6, 6.07) is 5.59. The van der Waals surface area contributed by atoms with Gasteiger partial charge in [0.2, 0.25) is 0 Å². The van der Waals surface area contributed by atoms with E-state index < -0.39 is 0 Å². The first-order valence-corrected chi connectivity index (χ1v) is 5.25. The number of rotatable bonds is 5. The molecule has 3 N–H and O–H groups in total. The summed E-state index contributed by atoms with van der Waals surface area (Å²) in [4.78, 5) is 0. The number of hydrogen-bond acceptors (Lipinski definition) is 3. The van der Waals surface area contributed by atoms with Crippen LogP contribution >= 0.6 is 11.6 Å². The van der Waals surface area contributed by atoms with E-state index in [9.17, 15) is 0 Å². The van der Waals surface area contributed by atoms with E-state index >= 15 is 0 Å². The van der Waals surface area contributed by atoms with E-state index in [1.807, 2.05) is 18.2 Å². The highest BCUT2D eigenvalue weighted by Crippen LogP contribution is 2.29. The molecule has 0 heterocycles. The molecule has 1 rings (SSSR count). The fourth-order valence-corrected chi connectivity index (χ4v) is 1.78. The van der Waals surface area contributed by atoms with E-state index in [0.29, 0.717) is 23.7 Å². The molecule has 1 atom stereocenters. The van der Waals surface area contributed by atoms with Crippen LogP contribution in [0.25, 0.3) is 0 Å². The van der Waals surface area contributed by atoms with Gasteiger partial charge in [0.25, 0.3) is 0 Å². The first-order valence-electron chi connectivity index (χ1n) is 4.87. The lowest BCUT2D eigenvalue weighted by atomic mass is 9.96. The fraction of sp³-hybridized carbons (Fsp3) is 0.455. The van der Waals surface area contributed by atoms with Gasteiger partial charge < -0.3 is 15.6 Å². The minimum Gasteiger partial charge on any atom is -0.495 e. The monoisotopic (exact) mass is 229 g/mol. The molecule has 3 nitrogen and oxygen atoms in total. The van der Waals surface area contributed by atoms with Crippen molar-refractivity contribution in [1.29, 1.82) is 0 Å². The van der Waals surface area contributed by atoms with Crippen molar-refractivity contribution < 1.29 is 9.84 Å². The summed E-state index contributed by atoms with van der Waals surface area (Å²) in [5.41, 5.74) is 6.67. The van der Waals surface area contributed by atoms with Crippen LogP contribution in [0.3, 0.4) is 0 Å². The highest BCUT2D eigenvalue weighted by atomic mass is 35.5. The molecule has 0 aliphatic rings. The molecule has 1 aromatic carbocycles. The molecule has 0 spiro atoms. The van der Waals surface area contributed by atoms with Gasteiger partial charge in [0.15, 0.2) is 0 Å². The molecule has 0 aromatic heterocycles. The van der Waals surface area contributed by atoms with Crippen LogP contribution in [0.5, 0.6) is 5.75 Å². The minimum atomic E-state index is 0.130. The van der Waals surface area contributed by atoms with E-state index in [0.717, 1.165) is 5.56 Å². The van der Waals surface area contributed by atoms with Gasteiger partial charge in [-0.1, -0.05) is 17.7 Å². The van der Waals surface area contributed by atoms with Gasteiger partial charge in [-0.25, -0.2) is 0 Å². The number of halogens is 1. The Balaban J connectivity index is 2.89. The van der Waals surface area contributed by atoms with Crippen LogP contribution in [0.2, 0.25) is 5.02 Å². The molecule has 0 aliphatic carbocycles. The molecular weight excluding hydrogens is 214 g/mol. The fourth-order valence-electron chi connectivity index (χ4n) is 1.51. The molecule has 1 aromatic rings. The van der Waals surface area contributed by atoms with Crippen molar-refractivity contribution in [1.82, 2.24) is 0 Å². The predicted molar refractivity (Wildman–Crippen MR) is 61.5 cm³/mol. The predicted octanol–water partition coefficient (Wildman–Crippen LogP) is 1.77. The molecule has 0 amide bonds. The van der Waals surface area contributed by atoms with Crippen LogP contribution in [0.4, 0.5) is 0 Å². The van der Waals surface area contributed by atoms with Crippen molar-refractivity contribution in [3.8, 4) is 5.75 Å². The standard InChI is InChI=1S/C11H16ClNO2/c1-15-11-3-2-8(6-10(11)12)9(7-13)4-5-14/h2-3,6,9,14H,4-5,7,13H2,1H3. The average Bonchev–Trinajstić information content (AvgIpc) is 2.25. The Kier molecular flexibility index (Phi) is 4.88. The van der Waals surface area contributed by atoms with Gasteiger partial charge in [-0.2, -0.15) is 0 Å². The summed E-state index contributed by atoms with van der Waals surface area (Å²) >= 11 is 6.00. The van der Waals surface area contributed by atoms with E-state index in [4.69, 9.17) is 27.2 Å². The molecule has 0 saturated heterocycles. The molecule has 1 unspecified atom stereocenters. The van der Waals surface area contributed by atoms with Crippen molar-refractivity contribution in [2.75, 3.05) is 20.3 Å². The van der Waals surface area contributed by atoms with Gasteiger partial charge in [0, 0.05) is 6.61 Å². The number of benzene rings is 1. The van der Waals surface area contributed by atoms with E-state index in [-0.39, 0.29) is 12.5 Å². The number of aliphatic hydroxyl groups excluding tert-OH is 1. The summed E-state index contributed by atoms with van der Waals surface area (Å²) in [5, 5.41) is 9.46.